The number of carbonyl (C=O) groups is 1. The summed E-state index contributed by atoms with van der Waals surface area (Å²) in [4.78, 5) is 16.9. The number of rotatable bonds is 5. The Morgan fingerprint density at radius 1 is 1.13 bits per heavy atom. The zero-order valence-electron chi connectivity index (χ0n) is 15.9. The molecule has 1 aromatic heterocycles. The van der Waals surface area contributed by atoms with Crippen LogP contribution in [0.2, 0.25) is 0 Å². The number of halogens is 3. The van der Waals surface area contributed by atoms with E-state index in [1.807, 2.05) is 0 Å². The molecule has 1 aliphatic rings. The van der Waals surface area contributed by atoms with Crippen LogP contribution in [0.25, 0.3) is 16.7 Å². The summed E-state index contributed by atoms with van der Waals surface area (Å²) in [5.74, 6) is -0.422. The first-order chi connectivity index (χ1) is 14.1. The summed E-state index contributed by atoms with van der Waals surface area (Å²) in [6.45, 7) is 1.53. The van der Waals surface area contributed by atoms with Crippen molar-refractivity contribution in [1.82, 2.24) is 9.55 Å². The Labute approximate surface area is 170 Å². The molecule has 0 bridgehead atoms. The maximum Gasteiger partial charge on any atom is 0.416 e. The van der Waals surface area contributed by atoms with Crippen molar-refractivity contribution in [3.63, 3.8) is 0 Å². The van der Waals surface area contributed by atoms with E-state index < -0.39 is 23.2 Å². The van der Waals surface area contributed by atoms with Crippen LogP contribution in [0.4, 0.5) is 19.1 Å². The molecule has 0 aliphatic heterocycles. The van der Waals surface area contributed by atoms with Gasteiger partial charge in [0.05, 0.1) is 28.6 Å². The summed E-state index contributed by atoms with van der Waals surface area (Å²) in [6, 6.07) is 12.0. The van der Waals surface area contributed by atoms with Crippen LogP contribution in [-0.2, 0) is 16.6 Å². The smallest absolute Gasteiger partial charge is 0.385 e. The molecule has 3 aromatic rings. The Hall–Kier alpha value is -3.39. The fraction of sp³-hybridized carbons (Fsp3) is 0.182. The van der Waals surface area contributed by atoms with Crippen molar-refractivity contribution >= 4 is 28.6 Å². The van der Waals surface area contributed by atoms with Crippen molar-refractivity contribution in [1.29, 1.82) is 0 Å². The van der Waals surface area contributed by atoms with E-state index in [1.165, 1.54) is 17.6 Å². The van der Waals surface area contributed by atoms with Crippen molar-refractivity contribution in [3.05, 3.63) is 77.9 Å². The monoisotopic (exact) mass is 413 g/mol. The molecule has 5 nitrogen and oxygen atoms in total. The normalized spacial score (nSPS) is 15.4. The SMILES string of the molecule is C[C@](O)(CC(=O)Nc1nc2ccc(C(F)(F)F)cc2n1C1=CC=C1)c1ccccc1. The third kappa shape index (κ3) is 3.73. The molecule has 1 amide bonds. The predicted molar refractivity (Wildman–Crippen MR) is 107 cm³/mol. The van der Waals surface area contributed by atoms with Gasteiger partial charge in [-0.25, -0.2) is 4.98 Å². The zero-order valence-corrected chi connectivity index (χ0v) is 15.9. The lowest BCUT2D eigenvalue weighted by Crippen LogP contribution is -2.29. The number of aromatic nitrogens is 2. The molecule has 2 aromatic carbocycles. The maximum absolute atomic E-state index is 13.2. The second kappa shape index (κ2) is 7.14. The number of fused-ring (bicyclic) bond motifs is 1. The molecule has 1 atom stereocenters. The zero-order chi connectivity index (χ0) is 21.5. The van der Waals surface area contributed by atoms with E-state index in [4.69, 9.17) is 0 Å². The summed E-state index contributed by atoms with van der Waals surface area (Å²) in [5, 5.41) is 13.3. The van der Waals surface area contributed by atoms with Crippen LogP contribution in [0.1, 0.15) is 24.5 Å². The quantitative estimate of drug-likeness (QED) is 0.637. The van der Waals surface area contributed by atoms with Crippen molar-refractivity contribution in [2.24, 2.45) is 0 Å². The topological polar surface area (TPSA) is 67.2 Å². The first kappa shape index (κ1) is 19.9. The molecule has 0 fully saturated rings. The van der Waals surface area contributed by atoms with Gasteiger partial charge in [0, 0.05) is 5.70 Å². The Kier molecular flexibility index (Phi) is 4.74. The second-order valence-corrected chi connectivity index (χ2v) is 7.29. The Morgan fingerprint density at radius 3 is 2.43 bits per heavy atom. The van der Waals surface area contributed by atoms with Crippen molar-refractivity contribution < 1.29 is 23.1 Å². The Morgan fingerprint density at radius 2 is 1.83 bits per heavy atom. The number of hydrogen-bond donors (Lipinski definition) is 2. The highest BCUT2D eigenvalue weighted by Crippen LogP contribution is 2.34. The van der Waals surface area contributed by atoms with Gasteiger partial charge in [-0.15, -0.1) is 0 Å². The van der Waals surface area contributed by atoms with Crippen LogP contribution in [0.5, 0.6) is 0 Å². The number of carbonyl (C=O) groups excluding carboxylic acids is 1. The number of alkyl halides is 3. The third-order valence-corrected chi connectivity index (χ3v) is 4.93. The highest BCUT2D eigenvalue weighted by Gasteiger charge is 2.32. The van der Waals surface area contributed by atoms with Gasteiger partial charge < -0.3 is 5.11 Å². The third-order valence-electron chi connectivity index (χ3n) is 4.93. The minimum Gasteiger partial charge on any atom is -0.385 e. The van der Waals surface area contributed by atoms with Crippen molar-refractivity contribution in [3.8, 4) is 0 Å². The van der Waals surface area contributed by atoms with Gasteiger partial charge in [-0.2, -0.15) is 13.2 Å². The first-order valence-corrected chi connectivity index (χ1v) is 9.21. The number of imidazole rings is 1. The summed E-state index contributed by atoms with van der Waals surface area (Å²) in [5.41, 5.74) is -0.499. The number of hydrogen-bond acceptors (Lipinski definition) is 3. The largest absolute Gasteiger partial charge is 0.416 e. The number of nitrogens with zero attached hydrogens (tertiary/aromatic N) is 2. The molecule has 154 valence electrons. The summed E-state index contributed by atoms with van der Waals surface area (Å²) >= 11 is 0. The molecule has 1 heterocycles. The van der Waals surface area contributed by atoms with Gasteiger partial charge in [-0.3, -0.25) is 14.7 Å². The molecule has 0 spiro atoms. The van der Waals surface area contributed by atoms with Gasteiger partial charge >= 0.3 is 6.18 Å². The number of anilines is 1. The molecular weight excluding hydrogens is 395 g/mol. The van der Waals surface area contributed by atoms with E-state index in [0.717, 1.165) is 12.1 Å². The fourth-order valence-corrected chi connectivity index (χ4v) is 3.31. The van der Waals surface area contributed by atoms with Gasteiger partial charge in [-0.05, 0) is 42.8 Å². The van der Waals surface area contributed by atoms with Gasteiger partial charge in [0.25, 0.3) is 0 Å². The van der Waals surface area contributed by atoms with Crippen LogP contribution < -0.4 is 5.32 Å². The Bertz CT molecular complexity index is 1180. The number of benzene rings is 2. The van der Waals surface area contributed by atoms with Gasteiger partial charge in [0.1, 0.15) is 0 Å². The lowest BCUT2D eigenvalue weighted by atomic mass is 9.92. The molecule has 30 heavy (non-hydrogen) atoms. The molecule has 0 unspecified atom stereocenters. The van der Waals surface area contributed by atoms with Crippen molar-refractivity contribution in [2.45, 2.75) is 25.1 Å². The minimum absolute atomic E-state index is 0.0915. The van der Waals surface area contributed by atoms with Crippen LogP contribution in [0, 0.1) is 0 Å². The van der Waals surface area contributed by atoms with Crippen LogP contribution in [0.15, 0.2) is 66.8 Å². The predicted octanol–water partition coefficient (Wildman–Crippen LogP) is 4.70. The molecule has 4 rings (SSSR count). The average molecular weight is 413 g/mol. The molecular formula is C22H18F3N3O2. The number of aliphatic hydroxyl groups is 1. The minimum atomic E-state index is -4.50. The summed E-state index contributed by atoms with van der Waals surface area (Å²) in [7, 11) is 0. The molecule has 0 saturated carbocycles. The maximum atomic E-state index is 13.2. The lowest BCUT2D eigenvalue weighted by molar-refractivity contribution is -0.137. The van der Waals surface area contributed by atoms with Gasteiger partial charge in [0.2, 0.25) is 11.9 Å². The van der Waals surface area contributed by atoms with E-state index in [-0.39, 0.29) is 17.9 Å². The summed E-state index contributed by atoms with van der Waals surface area (Å²) < 4.78 is 40.9. The second-order valence-electron chi connectivity index (χ2n) is 7.29. The highest BCUT2D eigenvalue weighted by atomic mass is 19.4. The van der Waals surface area contributed by atoms with Crippen LogP contribution in [0.3, 0.4) is 0 Å². The van der Waals surface area contributed by atoms with Crippen LogP contribution in [-0.4, -0.2) is 20.6 Å². The number of nitrogens with one attached hydrogen (secondary N) is 1. The lowest BCUT2D eigenvalue weighted by Gasteiger charge is -2.23. The number of allylic oxidation sites excluding steroid dienone is 4. The summed E-state index contributed by atoms with van der Waals surface area (Å²) in [6.07, 6.45) is 0.405. The van der Waals surface area contributed by atoms with E-state index in [2.05, 4.69) is 10.3 Å². The van der Waals surface area contributed by atoms with E-state index in [1.54, 1.807) is 48.6 Å². The first-order valence-electron chi connectivity index (χ1n) is 9.21. The van der Waals surface area contributed by atoms with Crippen LogP contribution >= 0.6 is 0 Å². The van der Waals surface area contributed by atoms with E-state index >= 15 is 0 Å². The molecule has 0 saturated heterocycles. The Balaban J connectivity index is 1.66. The molecule has 0 radical (unpaired) electrons. The molecule has 8 heteroatoms. The fourth-order valence-electron chi connectivity index (χ4n) is 3.31. The highest BCUT2D eigenvalue weighted by molar-refractivity contribution is 5.95. The standard InChI is InChI=1S/C22H18F3N3O2/c1-21(30,14-6-3-2-4-7-14)13-19(29)27-20-26-17-11-10-15(22(23,24)25)12-18(17)28(20)16-8-5-9-16/h2-12,30H,13H2,1H3,(H,26,27,29)/t21-/m0/s1. The van der Waals surface area contributed by atoms with E-state index in [9.17, 15) is 23.1 Å². The van der Waals surface area contributed by atoms with Gasteiger partial charge in [-0.1, -0.05) is 36.4 Å². The van der Waals surface area contributed by atoms with Crippen molar-refractivity contribution in [2.75, 3.05) is 5.32 Å². The number of amides is 1. The molecule has 2 N–H and O–H groups in total. The van der Waals surface area contributed by atoms with E-state index in [0.29, 0.717) is 16.8 Å². The van der Waals surface area contributed by atoms with Gasteiger partial charge in [0.15, 0.2) is 0 Å². The average Bonchev–Trinajstić information content (AvgIpc) is 2.97. The molecule has 1 aliphatic carbocycles.